The van der Waals surface area contributed by atoms with E-state index in [1.807, 2.05) is 53.3 Å². The molecule has 4 rings (SSSR count). The van der Waals surface area contributed by atoms with Crippen molar-refractivity contribution in [3.05, 3.63) is 90.9 Å². The Labute approximate surface area is 180 Å². The van der Waals surface area contributed by atoms with Crippen molar-refractivity contribution in [1.29, 1.82) is 0 Å². The number of benzene rings is 2. The van der Waals surface area contributed by atoms with Crippen LogP contribution in [0.4, 0.5) is 0 Å². The largest absolute Gasteiger partial charge is 0.497 e. The lowest BCUT2D eigenvalue weighted by Gasteiger charge is -2.08. The summed E-state index contributed by atoms with van der Waals surface area (Å²) in [5.41, 5.74) is 3.57. The number of carbonyl (C=O) groups is 1. The molecule has 0 aliphatic heterocycles. The zero-order chi connectivity index (χ0) is 21.5. The van der Waals surface area contributed by atoms with Crippen molar-refractivity contribution in [2.45, 2.75) is 6.54 Å². The van der Waals surface area contributed by atoms with E-state index in [1.54, 1.807) is 43.8 Å². The summed E-state index contributed by atoms with van der Waals surface area (Å²) in [7, 11) is 1.60. The van der Waals surface area contributed by atoms with Crippen LogP contribution in [0.2, 0.25) is 0 Å². The van der Waals surface area contributed by atoms with Crippen LogP contribution in [0.1, 0.15) is 5.56 Å². The number of hydrogen-bond donors (Lipinski definition) is 1. The fraction of sp³-hybridized carbons (Fsp3) is 0.125. The molecule has 4 aromatic rings. The third kappa shape index (κ3) is 5.08. The molecule has 2 aromatic heterocycles. The molecule has 0 bridgehead atoms. The second kappa shape index (κ2) is 9.58. The zero-order valence-corrected chi connectivity index (χ0v) is 17.1. The van der Waals surface area contributed by atoms with Crippen molar-refractivity contribution in [1.82, 2.24) is 20.1 Å². The lowest BCUT2D eigenvalue weighted by atomic mass is 10.1. The van der Waals surface area contributed by atoms with Crippen LogP contribution in [0.3, 0.4) is 0 Å². The number of carbonyl (C=O) groups excluding carboxylic acids is 1. The minimum Gasteiger partial charge on any atom is -0.497 e. The van der Waals surface area contributed by atoms with Crippen LogP contribution < -0.4 is 14.8 Å². The maximum Gasteiger partial charge on any atom is 0.258 e. The number of ether oxygens (including phenoxy) is 2. The average molecular weight is 414 g/mol. The number of rotatable bonds is 8. The average Bonchev–Trinajstić information content (AvgIpc) is 3.27. The molecule has 0 radical (unpaired) electrons. The Morgan fingerprint density at radius 3 is 2.39 bits per heavy atom. The molecule has 0 spiro atoms. The maximum absolute atomic E-state index is 12.3. The van der Waals surface area contributed by atoms with Crippen molar-refractivity contribution in [2.24, 2.45) is 0 Å². The highest BCUT2D eigenvalue weighted by Gasteiger charge is 2.13. The normalized spacial score (nSPS) is 10.5. The van der Waals surface area contributed by atoms with Crippen molar-refractivity contribution >= 4 is 5.91 Å². The molecule has 31 heavy (non-hydrogen) atoms. The fourth-order valence-electron chi connectivity index (χ4n) is 3.07. The Hall–Kier alpha value is -4.13. The summed E-state index contributed by atoms with van der Waals surface area (Å²) in [5.74, 6) is 1.12. The van der Waals surface area contributed by atoms with Crippen LogP contribution in [0.5, 0.6) is 11.5 Å². The first-order valence-electron chi connectivity index (χ1n) is 9.81. The summed E-state index contributed by atoms with van der Waals surface area (Å²) in [6, 6.07) is 20.7. The number of hydrogen-bond acceptors (Lipinski definition) is 5. The first-order chi connectivity index (χ1) is 15.2. The van der Waals surface area contributed by atoms with Gasteiger partial charge in [-0.25, -0.2) is 4.68 Å². The van der Waals surface area contributed by atoms with Gasteiger partial charge in [0.25, 0.3) is 5.91 Å². The lowest BCUT2D eigenvalue weighted by molar-refractivity contribution is -0.123. The SMILES string of the molecule is COc1ccc(OCC(=O)NCc2cn(-c3ccccc3)nc2-c2ccncc2)cc1. The standard InChI is InChI=1S/C24H22N4O3/c1-30-21-7-9-22(10-8-21)31-17-23(29)26-15-19-16-28(20-5-3-2-4-6-20)27-24(19)18-11-13-25-14-12-18/h2-14,16H,15,17H2,1H3,(H,26,29). The molecule has 2 heterocycles. The van der Waals surface area contributed by atoms with Crippen LogP contribution >= 0.6 is 0 Å². The van der Waals surface area contributed by atoms with Gasteiger partial charge in [-0.3, -0.25) is 9.78 Å². The van der Waals surface area contributed by atoms with Gasteiger partial charge >= 0.3 is 0 Å². The zero-order valence-electron chi connectivity index (χ0n) is 17.1. The van der Waals surface area contributed by atoms with E-state index < -0.39 is 0 Å². The molecule has 0 saturated carbocycles. The summed E-state index contributed by atoms with van der Waals surface area (Å²) in [5, 5.41) is 7.64. The molecule has 156 valence electrons. The smallest absolute Gasteiger partial charge is 0.258 e. The minimum atomic E-state index is -0.219. The number of methoxy groups -OCH3 is 1. The Bertz CT molecular complexity index is 1130. The molecule has 0 atom stereocenters. The van der Waals surface area contributed by atoms with E-state index in [1.165, 1.54) is 0 Å². The highest BCUT2D eigenvalue weighted by Crippen LogP contribution is 2.23. The molecular formula is C24H22N4O3. The van der Waals surface area contributed by atoms with Gasteiger partial charge in [-0.1, -0.05) is 18.2 Å². The molecule has 7 nitrogen and oxygen atoms in total. The molecule has 0 aliphatic carbocycles. The number of aromatic nitrogens is 3. The second-order valence-corrected chi connectivity index (χ2v) is 6.76. The van der Waals surface area contributed by atoms with Crippen LogP contribution in [0.25, 0.3) is 16.9 Å². The van der Waals surface area contributed by atoms with Crippen molar-refractivity contribution in [3.63, 3.8) is 0 Å². The van der Waals surface area contributed by atoms with Gasteiger partial charge < -0.3 is 14.8 Å². The number of amides is 1. The summed E-state index contributed by atoms with van der Waals surface area (Å²) in [6.07, 6.45) is 5.37. The lowest BCUT2D eigenvalue weighted by Crippen LogP contribution is -2.28. The molecular weight excluding hydrogens is 392 g/mol. The predicted molar refractivity (Wildman–Crippen MR) is 117 cm³/mol. The summed E-state index contributed by atoms with van der Waals surface area (Å²) in [6.45, 7) is 0.249. The van der Waals surface area contributed by atoms with E-state index in [4.69, 9.17) is 14.6 Å². The molecule has 0 unspecified atom stereocenters. The number of nitrogens with one attached hydrogen (secondary N) is 1. The third-order valence-corrected chi connectivity index (χ3v) is 4.67. The van der Waals surface area contributed by atoms with E-state index >= 15 is 0 Å². The fourth-order valence-corrected chi connectivity index (χ4v) is 3.07. The minimum absolute atomic E-state index is 0.0796. The van der Waals surface area contributed by atoms with Gasteiger partial charge in [-0.15, -0.1) is 0 Å². The van der Waals surface area contributed by atoms with Gasteiger partial charge in [-0.2, -0.15) is 5.10 Å². The second-order valence-electron chi connectivity index (χ2n) is 6.76. The van der Waals surface area contributed by atoms with Gasteiger partial charge in [0.05, 0.1) is 18.5 Å². The Kier molecular flexibility index (Phi) is 6.23. The summed E-state index contributed by atoms with van der Waals surface area (Å²) < 4.78 is 12.5. The van der Waals surface area contributed by atoms with E-state index in [-0.39, 0.29) is 12.5 Å². The number of nitrogens with zero attached hydrogens (tertiary/aromatic N) is 3. The summed E-state index contributed by atoms with van der Waals surface area (Å²) >= 11 is 0. The van der Waals surface area contributed by atoms with Crippen LogP contribution in [0, 0.1) is 0 Å². The van der Waals surface area contributed by atoms with E-state index in [0.717, 1.165) is 28.3 Å². The van der Waals surface area contributed by atoms with Gasteiger partial charge in [0.2, 0.25) is 0 Å². The van der Waals surface area contributed by atoms with E-state index in [9.17, 15) is 4.79 Å². The van der Waals surface area contributed by atoms with Crippen molar-refractivity contribution < 1.29 is 14.3 Å². The summed E-state index contributed by atoms with van der Waals surface area (Å²) in [4.78, 5) is 16.4. The Balaban J connectivity index is 1.45. The quantitative estimate of drug-likeness (QED) is 0.476. The monoisotopic (exact) mass is 414 g/mol. The van der Waals surface area contributed by atoms with Crippen molar-refractivity contribution in [3.8, 4) is 28.4 Å². The Morgan fingerprint density at radius 1 is 0.968 bits per heavy atom. The molecule has 0 fully saturated rings. The van der Waals surface area contributed by atoms with Gasteiger partial charge in [-0.05, 0) is 48.5 Å². The molecule has 1 N–H and O–H groups in total. The van der Waals surface area contributed by atoms with Crippen LogP contribution in [-0.2, 0) is 11.3 Å². The highest BCUT2D eigenvalue weighted by molar-refractivity contribution is 5.77. The van der Waals surface area contributed by atoms with Gasteiger partial charge in [0.1, 0.15) is 11.5 Å². The maximum atomic E-state index is 12.3. The van der Waals surface area contributed by atoms with Crippen LogP contribution in [-0.4, -0.2) is 34.4 Å². The number of pyridine rings is 1. The predicted octanol–water partition coefficient (Wildman–Crippen LogP) is 3.64. The molecule has 1 amide bonds. The highest BCUT2D eigenvalue weighted by atomic mass is 16.5. The van der Waals surface area contributed by atoms with Gasteiger partial charge in [0.15, 0.2) is 6.61 Å². The topological polar surface area (TPSA) is 78.3 Å². The third-order valence-electron chi connectivity index (χ3n) is 4.67. The van der Waals surface area contributed by atoms with E-state index in [0.29, 0.717) is 12.3 Å². The van der Waals surface area contributed by atoms with Crippen molar-refractivity contribution in [2.75, 3.05) is 13.7 Å². The molecule has 0 saturated heterocycles. The number of para-hydroxylation sites is 1. The molecule has 7 heteroatoms. The molecule has 0 aliphatic rings. The van der Waals surface area contributed by atoms with Gasteiger partial charge in [0, 0.05) is 36.3 Å². The molecule has 2 aromatic carbocycles. The van der Waals surface area contributed by atoms with E-state index in [2.05, 4.69) is 10.3 Å². The first kappa shape index (κ1) is 20.2. The van der Waals surface area contributed by atoms with Crippen LogP contribution in [0.15, 0.2) is 85.3 Å². The first-order valence-corrected chi connectivity index (χ1v) is 9.81. The Morgan fingerprint density at radius 2 is 1.68 bits per heavy atom.